The molecule has 0 aliphatic carbocycles. The van der Waals surface area contributed by atoms with Gasteiger partial charge in [-0.15, -0.1) is 0 Å². The van der Waals surface area contributed by atoms with Crippen LogP contribution in [0.3, 0.4) is 0 Å². The van der Waals surface area contributed by atoms with E-state index in [1.165, 1.54) is 14.2 Å². The van der Waals surface area contributed by atoms with Crippen LogP contribution in [0.25, 0.3) is 6.08 Å². The van der Waals surface area contributed by atoms with Crippen molar-refractivity contribution in [2.75, 3.05) is 14.2 Å². The van der Waals surface area contributed by atoms with Gasteiger partial charge in [0.2, 0.25) is 0 Å². The van der Waals surface area contributed by atoms with Crippen molar-refractivity contribution in [3.05, 3.63) is 65.7 Å². The van der Waals surface area contributed by atoms with Gasteiger partial charge in [0.15, 0.2) is 5.78 Å². The number of hydrogen-bond acceptors (Lipinski definition) is 4. The number of ether oxygens (including phenoxy) is 2. The highest BCUT2D eigenvalue weighted by Gasteiger charge is 2.21. The van der Waals surface area contributed by atoms with Crippen LogP contribution in [0, 0.1) is 0 Å². The Morgan fingerprint density at radius 1 is 1.14 bits per heavy atom. The quantitative estimate of drug-likeness (QED) is 0.832. The molecular formula is C18H18O4. The van der Waals surface area contributed by atoms with Crippen molar-refractivity contribution in [2.45, 2.75) is 6.10 Å². The lowest BCUT2D eigenvalue weighted by Gasteiger charge is -2.13. The fraction of sp³-hybridized carbons (Fsp3) is 0.167. The smallest absolute Gasteiger partial charge is 0.195 e. The molecule has 0 fully saturated rings. The Bertz CT molecular complexity index is 669. The number of Topliss-reactive ketones (excluding diaryl/α,β-unsaturated/α-hetero) is 1. The first-order valence-electron chi connectivity index (χ1n) is 6.76. The molecule has 114 valence electrons. The average Bonchev–Trinajstić information content (AvgIpc) is 2.59. The van der Waals surface area contributed by atoms with Crippen molar-refractivity contribution in [2.24, 2.45) is 0 Å². The van der Waals surface area contributed by atoms with Crippen molar-refractivity contribution in [1.29, 1.82) is 0 Å². The lowest BCUT2D eigenvalue weighted by atomic mass is 9.98. The summed E-state index contributed by atoms with van der Waals surface area (Å²) in [5.41, 5.74) is 1.66. The van der Waals surface area contributed by atoms with Crippen LogP contribution in [-0.4, -0.2) is 25.1 Å². The minimum absolute atomic E-state index is 0.390. The molecule has 2 rings (SSSR count). The van der Waals surface area contributed by atoms with Crippen LogP contribution in [-0.2, 0) is 0 Å². The standard InChI is InChI=1S/C18H18O4/c1-4-12-6-5-7-13(8-12)17(19)18(20)14-9-15(21-2)11-16(10-14)22-3/h4-11,18,20H,1H2,2-3H3. The number of aliphatic hydroxyl groups is 1. The number of benzene rings is 2. The van der Waals surface area contributed by atoms with Gasteiger partial charge in [0.25, 0.3) is 0 Å². The van der Waals surface area contributed by atoms with Crippen LogP contribution in [0.1, 0.15) is 27.6 Å². The Hall–Kier alpha value is -2.59. The highest BCUT2D eigenvalue weighted by molar-refractivity contribution is 6.00. The maximum absolute atomic E-state index is 12.4. The molecule has 0 aliphatic rings. The van der Waals surface area contributed by atoms with Gasteiger partial charge in [-0.3, -0.25) is 4.79 Å². The predicted molar refractivity (Wildman–Crippen MR) is 85.4 cm³/mol. The summed E-state index contributed by atoms with van der Waals surface area (Å²) in [4.78, 5) is 12.4. The van der Waals surface area contributed by atoms with Gasteiger partial charge in [-0.1, -0.05) is 30.9 Å². The van der Waals surface area contributed by atoms with E-state index < -0.39 is 6.10 Å². The fourth-order valence-corrected chi connectivity index (χ4v) is 2.12. The minimum atomic E-state index is -1.29. The topological polar surface area (TPSA) is 55.8 Å². The van der Waals surface area contributed by atoms with Crippen molar-refractivity contribution in [3.8, 4) is 11.5 Å². The number of rotatable bonds is 6. The third-order valence-electron chi connectivity index (χ3n) is 3.34. The summed E-state index contributed by atoms with van der Waals surface area (Å²) >= 11 is 0. The molecule has 0 amide bonds. The fourth-order valence-electron chi connectivity index (χ4n) is 2.12. The molecule has 0 spiro atoms. The molecule has 0 heterocycles. The Morgan fingerprint density at radius 3 is 2.32 bits per heavy atom. The Morgan fingerprint density at radius 2 is 1.77 bits per heavy atom. The summed E-state index contributed by atoms with van der Waals surface area (Å²) in [7, 11) is 3.03. The molecule has 0 aromatic heterocycles. The van der Waals surface area contributed by atoms with Crippen LogP contribution in [0.15, 0.2) is 49.0 Å². The summed E-state index contributed by atoms with van der Waals surface area (Å²) in [6.45, 7) is 3.67. The van der Waals surface area contributed by atoms with Crippen molar-refractivity contribution in [3.63, 3.8) is 0 Å². The number of ketones is 1. The molecule has 22 heavy (non-hydrogen) atoms. The molecule has 0 saturated carbocycles. The number of aliphatic hydroxyl groups excluding tert-OH is 1. The molecule has 0 aliphatic heterocycles. The van der Waals surface area contributed by atoms with Gasteiger partial charge >= 0.3 is 0 Å². The van der Waals surface area contributed by atoms with Crippen LogP contribution in [0.2, 0.25) is 0 Å². The van der Waals surface area contributed by atoms with Gasteiger partial charge in [0.05, 0.1) is 14.2 Å². The average molecular weight is 298 g/mol. The first-order valence-corrected chi connectivity index (χ1v) is 6.76. The van der Waals surface area contributed by atoms with Crippen LogP contribution in [0.5, 0.6) is 11.5 Å². The normalized spacial score (nSPS) is 11.6. The minimum Gasteiger partial charge on any atom is -0.497 e. The molecule has 4 heteroatoms. The molecule has 2 aromatic rings. The second-order valence-electron chi connectivity index (χ2n) is 4.74. The number of hydrogen-bond donors (Lipinski definition) is 1. The summed E-state index contributed by atoms with van der Waals surface area (Å²) in [6.07, 6.45) is 0.363. The van der Waals surface area contributed by atoms with E-state index in [9.17, 15) is 9.90 Å². The van der Waals surface area contributed by atoms with E-state index in [0.717, 1.165) is 5.56 Å². The van der Waals surface area contributed by atoms with E-state index in [-0.39, 0.29) is 5.78 Å². The second-order valence-corrected chi connectivity index (χ2v) is 4.74. The van der Waals surface area contributed by atoms with Crippen molar-refractivity contribution in [1.82, 2.24) is 0 Å². The Balaban J connectivity index is 2.35. The SMILES string of the molecule is C=Cc1cccc(C(=O)C(O)c2cc(OC)cc(OC)c2)c1. The van der Waals surface area contributed by atoms with E-state index in [4.69, 9.17) is 9.47 Å². The summed E-state index contributed by atoms with van der Waals surface area (Å²) in [5.74, 6) is 0.640. The third kappa shape index (κ3) is 3.35. The highest BCUT2D eigenvalue weighted by Crippen LogP contribution is 2.28. The Kier molecular flexibility index (Phi) is 4.96. The van der Waals surface area contributed by atoms with Crippen molar-refractivity contribution >= 4 is 11.9 Å². The molecule has 0 radical (unpaired) electrons. The molecule has 2 aromatic carbocycles. The first kappa shape index (κ1) is 15.8. The van der Waals surface area contributed by atoms with Crippen LogP contribution >= 0.6 is 0 Å². The number of carbonyl (C=O) groups excluding carboxylic acids is 1. The zero-order valence-electron chi connectivity index (χ0n) is 12.6. The van der Waals surface area contributed by atoms with E-state index in [1.54, 1.807) is 42.5 Å². The van der Waals surface area contributed by atoms with Crippen LogP contribution < -0.4 is 9.47 Å². The molecule has 1 N–H and O–H groups in total. The molecule has 4 nitrogen and oxygen atoms in total. The first-order chi connectivity index (χ1) is 10.6. The Labute approximate surface area is 129 Å². The van der Waals surface area contributed by atoms with E-state index >= 15 is 0 Å². The largest absolute Gasteiger partial charge is 0.497 e. The van der Waals surface area contributed by atoms with Gasteiger partial charge in [-0.05, 0) is 29.3 Å². The van der Waals surface area contributed by atoms with E-state index in [2.05, 4.69) is 6.58 Å². The third-order valence-corrected chi connectivity index (χ3v) is 3.34. The lowest BCUT2D eigenvalue weighted by molar-refractivity contribution is 0.0747. The number of carbonyl (C=O) groups is 1. The van der Waals surface area contributed by atoms with Crippen LogP contribution in [0.4, 0.5) is 0 Å². The predicted octanol–water partition coefficient (Wildman–Crippen LogP) is 3.26. The monoisotopic (exact) mass is 298 g/mol. The van der Waals surface area contributed by atoms with E-state index in [1.807, 2.05) is 6.07 Å². The van der Waals surface area contributed by atoms with Crippen molar-refractivity contribution < 1.29 is 19.4 Å². The van der Waals surface area contributed by atoms with Gasteiger partial charge in [0, 0.05) is 11.6 Å². The maximum atomic E-state index is 12.4. The van der Waals surface area contributed by atoms with Gasteiger partial charge in [-0.25, -0.2) is 0 Å². The van der Waals surface area contributed by atoms with Gasteiger partial charge in [-0.2, -0.15) is 0 Å². The van der Waals surface area contributed by atoms with Gasteiger partial charge < -0.3 is 14.6 Å². The van der Waals surface area contributed by atoms with Gasteiger partial charge in [0.1, 0.15) is 17.6 Å². The zero-order valence-corrected chi connectivity index (χ0v) is 12.6. The highest BCUT2D eigenvalue weighted by atomic mass is 16.5. The summed E-state index contributed by atoms with van der Waals surface area (Å²) < 4.78 is 10.3. The summed E-state index contributed by atoms with van der Waals surface area (Å²) in [6, 6.07) is 11.9. The molecule has 0 bridgehead atoms. The second kappa shape index (κ2) is 6.91. The molecular weight excluding hydrogens is 280 g/mol. The molecule has 1 atom stereocenters. The maximum Gasteiger partial charge on any atom is 0.195 e. The number of methoxy groups -OCH3 is 2. The zero-order chi connectivity index (χ0) is 16.1. The van der Waals surface area contributed by atoms with E-state index in [0.29, 0.717) is 22.6 Å². The lowest BCUT2D eigenvalue weighted by Crippen LogP contribution is -2.12. The molecule has 1 unspecified atom stereocenters. The molecule has 0 saturated heterocycles. The summed E-state index contributed by atoms with van der Waals surface area (Å²) in [5, 5.41) is 10.4.